The Morgan fingerprint density at radius 2 is 1.91 bits per heavy atom. The number of hydrogen-bond donors (Lipinski definition) is 1. The molecule has 1 heterocycles. The van der Waals surface area contributed by atoms with Gasteiger partial charge in [0.05, 0.1) is 19.9 Å². The molecule has 0 fully saturated rings. The zero-order chi connectivity index (χ0) is 23.0. The van der Waals surface area contributed by atoms with Crippen LogP contribution in [0.15, 0.2) is 89.0 Å². The number of amides is 1. The van der Waals surface area contributed by atoms with Gasteiger partial charge in [0.15, 0.2) is 11.5 Å². The summed E-state index contributed by atoms with van der Waals surface area (Å²) < 4.78 is 16.7. The largest absolute Gasteiger partial charge is 0.493 e. The SMILES string of the molecule is COc1cc(/C=C(\C#N)C(=O)NCc2ccco2)ccc1OCc1cccc2ccccc12. The van der Waals surface area contributed by atoms with Crippen molar-refractivity contribution in [2.24, 2.45) is 0 Å². The van der Waals surface area contributed by atoms with E-state index in [1.54, 1.807) is 37.4 Å². The minimum absolute atomic E-state index is 0.0203. The van der Waals surface area contributed by atoms with Crippen LogP contribution in [0.2, 0.25) is 0 Å². The quantitative estimate of drug-likeness (QED) is 0.300. The van der Waals surface area contributed by atoms with Gasteiger partial charge >= 0.3 is 0 Å². The maximum Gasteiger partial charge on any atom is 0.262 e. The molecule has 3 aromatic carbocycles. The van der Waals surface area contributed by atoms with E-state index in [1.807, 2.05) is 30.3 Å². The molecule has 0 aliphatic heterocycles. The number of nitriles is 1. The van der Waals surface area contributed by atoms with Crippen molar-refractivity contribution in [3.8, 4) is 17.6 Å². The third kappa shape index (κ3) is 5.23. The average molecular weight is 438 g/mol. The maximum atomic E-state index is 12.4. The third-order valence-electron chi connectivity index (χ3n) is 5.13. The lowest BCUT2D eigenvalue weighted by atomic mass is 10.1. The van der Waals surface area contributed by atoms with Crippen molar-refractivity contribution in [1.82, 2.24) is 5.32 Å². The molecule has 1 N–H and O–H groups in total. The fourth-order valence-corrected chi connectivity index (χ4v) is 3.46. The molecule has 0 spiro atoms. The first-order chi connectivity index (χ1) is 16.2. The van der Waals surface area contributed by atoms with Gasteiger partial charge in [0, 0.05) is 0 Å². The molecule has 6 nitrogen and oxygen atoms in total. The summed E-state index contributed by atoms with van der Waals surface area (Å²) in [5.41, 5.74) is 1.70. The second-order valence-electron chi connectivity index (χ2n) is 7.27. The van der Waals surface area contributed by atoms with Crippen molar-refractivity contribution in [3.63, 3.8) is 0 Å². The molecule has 0 unspecified atom stereocenters. The van der Waals surface area contributed by atoms with Crippen LogP contribution in [-0.4, -0.2) is 13.0 Å². The molecular weight excluding hydrogens is 416 g/mol. The number of nitrogens with one attached hydrogen (secondary N) is 1. The molecule has 0 saturated heterocycles. The first kappa shape index (κ1) is 21.7. The topological polar surface area (TPSA) is 84.5 Å². The number of rotatable bonds is 8. The average Bonchev–Trinajstić information content (AvgIpc) is 3.38. The van der Waals surface area contributed by atoms with Crippen LogP contribution < -0.4 is 14.8 Å². The maximum absolute atomic E-state index is 12.4. The summed E-state index contributed by atoms with van der Waals surface area (Å²) in [6.45, 7) is 0.584. The van der Waals surface area contributed by atoms with Crippen molar-refractivity contribution >= 4 is 22.8 Å². The van der Waals surface area contributed by atoms with E-state index in [4.69, 9.17) is 13.9 Å². The van der Waals surface area contributed by atoms with Crippen molar-refractivity contribution in [1.29, 1.82) is 5.26 Å². The van der Waals surface area contributed by atoms with Crippen LogP contribution in [0.25, 0.3) is 16.8 Å². The van der Waals surface area contributed by atoms with Gasteiger partial charge in [-0.2, -0.15) is 5.26 Å². The number of nitrogens with zero attached hydrogens (tertiary/aromatic N) is 1. The van der Waals surface area contributed by atoms with Crippen LogP contribution in [0.3, 0.4) is 0 Å². The van der Waals surface area contributed by atoms with Crippen LogP contribution in [0.5, 0.6) is 11.5 Å². The van der Waals surface area contributed by atoms with E-state index in [2.05, 4.69) is 23.5 Å². The predicted octanol–water partition coefficient (Wildman–Crippen LogP) is 5.24. The molecule has 0 radical (unpaired) electrons. The van der Waals surface area contributed by atoms with E-state index in [0.29, 0.717) is 29.4 Å². The van der Waals surface area contributed by atoms with Gasteiger partial charge in [-0.15, -0.1) is 0 Å². The predicted molar refractivity (Wildman–Crippen MR) is 125 cm³/mol. The van der Waals surface area contributed by atoms with E-state index >= 15 is 0 Å². The molecule has 6 heteroatoms. The Hall–Kier alpha value is -4.50. The summed E-state index contributed by atoms with van der Waals surface area (Å²) in [5.74, 6) is 1.21. The summed E-state index contributed by atoms with van der Waals surface area (Å²) >= 11 is 0. The Kier molecular flexibility index (Phi) is 6.72. The Morgan fingerprint density at radius 1 is 1.06 bits per heavy atom. The van der Waals surface area contributed by atoms with Crippen molar-refractivity contribution < 1.29 is 18.7 Å². The highest BCUT2D eigenvalue weighted by molar-refractivity contribution is 6.01. The van der Waals surface area contributed by atoms with Crippen LogP contribution >= 0.6 is 0 Å². The smallest absolute Gasteiger partial charge is 0.262 e. The van der Waals surface area contributed by atoms with Gasteiger partial charge in [0.25, 0.3) is 5.91 Å². The highest BCUT2D eigenvalue weighted by Crippen LogP contribution is 2.30. The van der Waals surface area contributed by atoms with Gasteiger partial charge in [0.1, 0.15) is 24.0 Å². The van der Waals surface area contributed by atoms with E-state index in [1.165, 1.54) is 12.3 Å². The van der Waals surface area contributed by atoms with E-state index < -0.39 is 5.91 Å². The molecule has 0 atom stereocenters. The lowest BCUT2D eigenvalue weighted by molar-refractivity contribution is -0.117. The number of carbonyl (C=O) groups excluding carboxylic acids is 1. The van der Waals surface area contributed by atoms with Crippen LogP contribution in [0.4, 0.5) is 0 Å². The Morgan fingerprint density at radius 3 is 2.70 bits per heavy atom. The monoisotopic (exact) mass is 438 g/mol. The number of methoxy groups -OCH3 is 1. The molecule has 4 rings (SSSR count). The fourth-order valence-electron chi connectivity index (χ4n) is 3.46. The molecule has 1 aromatic heterocycles. The molecule has 33 heavy (non-hydrogen) atoms. The highest BCUT2D eigenvalue weighted by Gasteiger charge is 2.12. The Balaban J connectivity index is 1.48. The number of carbonyl (C=O) groups is 1. The summed E-state index contributed by atoms with van der Waals surface area (Å²) in [7, 11) is 1.55. The zero-order valence-corrected chi connectivity index (χ0v) is 18.1. The first-order valence-electron chi connectivity index (χ1n) is 10.4. The third-order valence-corrected chi connectivity index (χ3v) is 5.13. The number of hydrogen-bond acceptors (Lipinski definition) is 5. The van der Waals surface area contributed by atoms with Gasteiger partial charge in [0.2, 0.25) is 0 Å². The summed E-state index contributed by atoms with van der Waals surface area (Å²) in [6, 6.07) is 25.0. The standard InChI is InChI=1S/C27H22N2O4/c1-31-26-15-19(14-22(16-28)27(30)29-17-23-9-5-13-32-23)11-12-25(26)33-18-21-8-4-7-20-6-2-3-10-24(20)21/h2-15H,17-18H2,1H3,(H,29,30)/b22-14+. The molecule has 164 valence electrons. The minimum Gasteiger partial charge on any atom is -0.493 e. The molecule has 0 saturated carbocycles. The fraction of sp³-hybridized carbons (Fsp3) is 0.111. The van der Waals surface area contributed by atoms with Crippen molar-refractivity contribution in [2.75, 3.05) is 7.11 Å². The molecular formula is C27H22N2O4. The van der Waals surface area contributed by atoms with Crippen LogP contribution in [-0.2, 0) is 17.9 Å². The number of ether oxygens (including phenoxy) is 2. The summed E-state index contributed by atoms with van der Waals surface area (Å²) in [5, 5.41) is 14.4. The van der Waals surface area contributed by atoms with E-state index in [9.17, 15) is 10.1 Å². The second kappa shape index (κ2) is 10.2. The molecule has 1 amide bonds. The lowest BCUT2D eigenvalue weighted by Crippen LogP contribution is -2.23. The van der Waals surface area contributed by atoms with Gasteiger partial charge in [-0.3, -0.25) is 4.79 Å². The van der Waals surface area contributed by atoms with Gasteiger partial charge in [-0.05, 0) is 52.2 Å². The number of benzene rings is 3. The summed E-state index contributed by atoms with van der Waals surface area (Å²) in [4.78, 5) is 12.4. The first-order valence-corrected chi connectivity index (χ1v) is 10.4. The van der Waals surface area contributed by atoms with Gasteiger partial charge in [-0.1, -0.05) is 48.5 Å². The number of furan rings is 1. The highest BCUT2D eigenvalue weighted by atomic mass is 16.5. The van der Waals surface area contributed by atoms with Gasteiger partial charge in [-0.25, -0.2) is 0 Å². The second-order valence-corrected chi connectivity index (χ2v) is 7.27. The van der Waals surface area contributed by atoms with Crippen molar-refractivity contribution in [2.45, 2.75) is 13.2 Å². The zero-order valence-electron chi connectivity index (χ0n) is 18.1. The van der Waals surface area contributed by atoms with Crippen LogP contribution in [0.1, 0.15) is 16.9 Å². The lowest BCUT2D eigenvalue weighted by Gasteiger charge is -2.13. The Bertz CT molecular complexity index is 1330. The molecule has 0 bridgehead atoms. The van der Waals surface area contributed by atoms with E-state index in [-0.39, 0.29) is 12.1 Å². The molecule has 4 aromatic rings. The van der Waals surface area contributed by atoms with Gasteiger partial charge < -0.3 is 19.2 Å². The summed E-state index contributed by atoms with van der Waals surface area (Å²) in [6.07, 6.45) is 3.03. The minimum atomic E-state index is -0.482. The normalized spacial score (nSPS) is 11.1. The van der Waals surface area contributed by atoms with Crippen LogP contribution in [0, 0.1) is 11.3 Å². The number of fused-ring (bicyclic) bond motifs is 1. The molecule has 0 aliphatic carbocycles. The van der Waals surface area contributed by atoms with E-state index in [0.717, 1.165) is 16.3 Å². The van der Waals surface area contributed by atoms with Crippen molar-refractivity contribution in [3.05, 3.63) is 102 Å². The Labute approximate surface area is 191 Å². The molecule has 0 aliphatic rings.